The Morgan fingerprint density at radius 1 is 1.00 bits per heavy atom. The zero-order valence-electron chi connectivity index (χ0n) is 13.8. The lowest BCUT2D eigenvalue weighted by Crippen LogP contribution is -2.44. The van der Waals surface area contributed by atoms with Crippen molar-refractivity contribution >= 4 is 0 Å². The number of benzene rings is 1. The van der Waals surface area contributed by atoms with Gasteiger partial charge in [0.2, 0.25) is 0 Å². The summed E-state index contributed by atoms with van der Waals surface area (Å²) >= 11 is 0. The van der Waals surface area contributed by atoms with Gasteiger partial charge < -0.3 is 14.5 Å². The summed E-state index contributed by atoms with van der Waals surface area (Å²) in [6.45, 7) is 10.3. The summed E-state index contributed by atoms with van der Waals surface area (Å²) in [5.74, 6) is 0.978. The fourth-order valence-corrected chi connectivity index (χ4v) is 2.74. The molecule has 0 spiro atoms. The van der Waals surface area contributed by atoms with Crippen molar-refractivity contribution in [2.45, 2.75) is 39.2 Å². The SMILES string of the molecule is CC(C)Oc1ccc(CCCCN2CCN(C)CC2)cc1. The molecule has 0 aromatic heterocycles. The second-order valence-electron chi connectivity index (χ2n) is 6.41. The molecule has 0 N–H and O–H groups in total. The number of rotatable bonds is 7. The molecule has 1 aliphatic rings. The van der Waals surface area contributed by atoms with Gasteiger partial charge in [-0.25, -0.2) is 0 Å². The first-order valence-corrected chi connectivity index (χ1v) is 8.30. The Morgan fingerprint density at radius 3 is 2.29 bits per heavy atom. The fraction of sp³-hybridized carbons (Fsp3) is 0.667. The van der Waals surface area contributed by atoms with Crippen LogP contribution in [0.1, 0.15) is 32.3 Å². The molecule has 3 nitrogen and oxygen atoms in total. The molecule has 0 unspecified atom stereocenters. The summed E-state index contributed by atoms with van der Waals surface area (Å²) in [7, 11) is 2.21. The van der Waals surface area contributed by atoms with E-state index in [0.29, 0.717) is 0 Å². The Kier molecular flexibility index (Phi) is 6.52. The molecule has 0 atom stereocenters. The average molecular weight is 290 g/mol. The van der Waals surface area contributed by atoms with E-state index in [9.17, 15) is 0 Å². The van der Waals surface area contributed by atoms with Crippen molar-refractivity contribution in [2.24, 2.45) is 0 Å². The highest BCUT2D eigenvalue weighted by molar-refractivity contribution is 5.27. The molecule has 0 bridgehead atoms. The monoisotopic (exact) mass is 290 g/mol. The predicted octanol–water partition coefficient (Wildman–Crippen LogP) is 3.04. The first-order valence-electron chi connectivity index (χ1n) is 8.30. The van der Waals surface area contributed by atoms with E-state index in [4.69, 9.17) is 4.74 Å². The molecule has 1 aliphatic heterocycles. The van der Waals surface area contributed by atoms with E-state index in [2.05, 4.69) is 55.0 Å². The Bertz CT molecular complexity index is 394. The number of piperazine rings is 1. The molecule has 21 heavy (non-hydrogen) atoms. The summed E-state index contributed by atoms with van der Waals surface area (Å²) in [6.07, 6.45) is 4.00. The molecule has 3 heteroatoms. The van der Waals surface area contributed by atoms with E-state index in [1.807, 2.05) is 0 Å². The van der Waals surface area contributed by atoms with Gasteiger partial charge in [-0.2, -0.15) is 0 Å². The predicted molar refractivity (Wildman–Crippen MR) is 89.1 cm³/mol. The Labute approximate surface area is 129 Å². The van der Waals surface area contributed by atoms with Crippen molar-refractivity contribution in [3.8, 4) is 5.75 Å². The van der Waals surface area contributed by atoms with Crippen molar-refractivity contribution in [3.05, 3.63) is 29.8 Å². The molecule has 0 amide bonds. The lowest BCUT2D eigenvalue weighted by molar-refractivity contribution is 0.152. The van der Waals surface area contributed by atoms with Crippen molar-refractivity contribution in [2.75, 3.05) is 39.8 Å². The van der Waals surface area contributed by atoms with Crippen LogP contribution in [-0.2, 0) is 6.42 Å². The molecule has 0 saturated carbocycles. The fourth-order valence-electron chi connectivity index (χ4n) is 2.74. The van der Waals surface area contributed by atoms with E-state index in [1.165, 1.54) is 57.5 Å². The van der Waals surface area contributed by atoms with Crippen LogP contribution < -0.4 is 4.74 Å². The van der Waals surface area contributed by atoms with Crippen molar-refractivity contribution in [1.29, 1.82) is 0 Å². The molecule has 2 rings (SSSR count). The van der Waals surface area contributed by atoms with E-state index in [1.54, 1.807) is 0 Å². The van der Waals surface area contributed by atoms with Gasteiger partial charge in [-0.05, 0) is 64.4 Å². The van der Waals surface area contributed by atoms with Gasteiger partial charge in [0.05, 0.1) is 6.10 Å². The molecule has 0 aliphatic carbocycles. The number of hydrogen-bond donors (Lipinski definition) is 0. The lowest BCUT2D eigenvalue weighted by atomic mass is 10.1. The van der Waals surface area contributed by atoms with Crippen LogP contribution in [0.4, 0.5) is 0 Å². The standard InChI is InChI=1S/C18H30N2O/c1-16(2)21-18-9-7-17(8-10-18)6-4-5-11-20-14-12-19(3)13-15-20/h7-10,16H,4-6,11-15H2,1-3H3. The molecular weight excluding hydrogens is 260 g/mol. The minimum atomic E-state index is 0.249. The van der Waals surface area contributed by atoms with Crippen LogP contribution in [0.15, 0.2) is 24.3 Å². The average Bonchev–Trinajstić information content (AvgIpc) is 2.46. The van der Waals surface area contributed by atoms with Gasteiger partial charge in [0, 0.05) is 26.2 Å². The van der Waals surface area contributed by atoms with Gasteiger partial charge in [-0.15, -0.1) is 0 Å². The second-order valence-corrected chi connectivity index (χ2v) is 6.41. The Hall–Kier alpha value is -1.06. The molecule has 1 aromatic rings. The van der Waals surface area contributed by atoms with E-state index >= 15 is 0 Å². The molecule has 1 saturated heterocycles. The second kappa shape index (κ2) is 8.40. The number of aryl methyl sites for hydroxylation is 1. The minimum Gasteiger partial charge on any atom is -0.491 e. The zero-order chi connectivity index (χ0) is 15.1. The van der Waals surface area contributed by atoms with Crippen LogP contribution in [0, 0.1) is 0 Å². The highest BCUT2D eigenvalue weighted by Crippen LogP contribution is 2.15. The smallest absolute Gasteiger partial charge is 0.119 e. The molecule has 118 valence electrons. The minimum absolute atomic E-state index is 0.249. The zero-order valence-corrected chi connectivity index (χ0v) is 13.8. The van der Waals surface area contributed by atoms with E-state index in [-0.39, 0.29) is 6.10 Å². The quantitative estimate of drug-likeness (QED) is 0.718. The van der Waals surface area contributed by atoms with Crippen LogP contribution in [-0.4, -0.2) is 55.7 Å². The molecule has 1 fully saturated rings. The van der Waals surface area contributed by atoms with Gasteiger partial charge in [-0.3, -0.25) is 0 Å². The Morgan fingerprint density at radius 2 is 1.67 bits per heavy atom. The maximum Gasteiger partial charge on any atom is 0.119 e. The Balaban J connectivity index is 1.62. The van der Waals surface area contributed by atoms with Gasteiger partial charge in [0.1, 0.15) is 5.75 Å². The van der Waals surface area contributed by atoms with Crippen molar-refractivity contribution in [1.82, 2.24) is 9.80 Å². The molecule has 1 heterocycles. The molecule has 0 radical (unpaired) electrons. The van der Waals surface area contributed by atoms with E-state index in [0.717, 1.165) is 5.75 Å². The van der Waals surface area contributed by atoms with Crippen LogP contribution in [0.25, 0.3) is 0 Å². The highest BCUT2D eigenvalue weighted by atomic mass is 16.5. The van der Waals surface area contributed by atoms with E-state index < -0.39 is 0 Å². The maximum absolute atomic E-state index is 5.67. The first kappa shape index (κ1) is 16.3. The van der Waals surface area contributed by atoms with Crippen LogP contribution in [0.2, 0.25) is 0 Å². The van der Waals surface area contributed by atoms with Crippen LogP contribution in [0.3, 0.4) is 0 Å². The summed E-state index contributed by atoms with van der Waals surface area (Å²) in [6, 6.07) is 8.59. The number of ether oxygens (including phenoxy) is 1. The third-order valence-corrected chi connectivity index (χ3v) is 4.08. The number of unbranched alkanes of at least 4 members (excludes halogenated alkanes) is 1. The largest absolute Gasteiger partial charge is 0.491 e. The summed E-state index contributed by atoms with van der Waals surface area (Å²) in [5.41, 5.74) is 1.42. The number of likely N-dealkylation sites (N-methyl/N-ethyl adjacent to an activating group) is 1. The lowest BCUT2D eigenvalue weighted by Gasteiger charge is -2.32. The highest BCUT2D eigenvalue weighted by Gasteiger charge is 2.12. The van der Waals surface area contributed by atoms with Crippen LogP contribution in [0.5, 0.6) is 5.75 Å². The summed E-state index contributed by atoms with van der Waals surface area (Å²) in [4.78, 5) is 5.01. The number of hydrogen-bond acceptors (Lipinski definition) is 3. The molecular formula is C18H30N2O. The third kappa shape index (κ3) is 6.06. The van der Waals surface area contributed by atoms with Gasteiger partial charge in [0.15, 0.2) is 0 Å². The van der Waals surface area contributed by atoms with Gasteiger partial charge in [-0.1, -0.05) is 12.1 Å². The van der Waals surface area contributed by atoms with Gasteiger partial charge >= 0.3 is 0 Å². The topological polar surface area (TPSA) is 15.7 Å². The third-order valence-electron chi connectivity index (χ3n) is 4.08. The first-order chi connectivity index (χ1) is 10.1. The number of nitrogens with zero attached hydrogens (tertiary/aromatic N) is 2. The summed E-state index contributed by atoms with van der Waals surface area (Å²) in [5, 5.41) is 0. The maximum atomic E-state index is 5.67. The normalized spacial score (nSPS) is 17.3. The van der Waals surface area contributed by atoms with Crippen LogP contribution >= 0.6 is 0 Å². The van der Waals surface area contributed by atoms with Crippen molar-refractivity contribution in [3.63, 3.8) is 0 Å². The summed E-state index contributed by atoms with van der Waals surface area (Å²) < 4.78 is 5.67. The van der Waals surface area contributed by atoms with Crippen molar-refractivity contribution < 1.29 is 4.74 Å². The van der Waals surface area contributed by atoms with Gasteiger partial charge in [0.25, 0.3) is 0 Å². The molecule has 1 aromatic carbocycles.